The van der Waals surface area contributed by atoms with Crippen LogP contribution >= 0.6 is 0 Å². The molecule has 0 saturated heterocycles. The van der Waals surface area contributed by atoms with E-state index in [2.05, 4.69) is 14.9 Å². The quantitative estimate of drug-likeness (QED) is 0.787. The van der Waals surface area contributed by atoms with E-state index in [9.17, 15) is 8.42 Å². The maximum Gasteiger partial charge on any atom is 0.232 e. The molecule has 0 radical (unpaired) electrons. The molecule has 0 heterocycles. The van der Waals surface area contributed by atoms with E-state index < -0.39 is 10.0 Å². The third-order valence-electron chi connectivity index (χ3n) is 2.43. The van der Waals surface area contributed by atoms with Gasteiger partial charge in [0.1, 0.15) is 0 Å². The highest BCUT2D eigenvalue weighted by Gasteiger charge is 2.05. The van der Waals surface area contributed by atoms with Crippen LogP contribution in [0.3, 0.4) is 0 Å². The highest BCUT2D eigenvalue weighted by Crippen LogP contribution is 2.14. The number of sulfonamides is 1. The summed E-state index contributed by atoms with van der Waals surface area (Å²) in [4.78, 5) is 2.09. The van der Waals surface area contributed by atoms with Crippen molar-refractivity contribution in [2.24, 2.45) is 0 Å². The first-order chi connectivity index (χ1) is 8.43. The molecule has 0 amide bonds. The molecular weight excluding hydrogens is 250 g/mol. The summed E-state index contributed by atoms with van der Waals surface area (Å²) in [7, 11) is 0.846. The molecule has 1 rings (SSSR count). The molecule has 0 aliphatic carbocycles. The first-order valence-corrected chi connectivity index (χ1v) is 7.57. The van der Waals surface area contributed by atoms with E-state index in [0.717, 1.165) is 18.8 Å². The standard InChI is InChI=1S/C12H21N3O2S/c1-4-18(16,17)14-12-7-5-11(6-8-12)13-9-10-15(2)3/h5-8,13-14H,4,9-10H2,1-3H3. The molecule has 102 valence electrons. The molecule has 0 atom stereocenters. The summed E-state index contributed by atoms with van der Waals surface area (Å²) < 4.78 is 25.2. The van der Waals surface area contributed by atoms with Crippen molar-refractivity contribution in [3.63, 3.8) is 0 Å². The normalized spacial score (nSPS) is 11.6. The van der Waals surface area contributed by atoms with Crippen LogP contribution in [0, 0.1) is 0 Å². The Balaban J connectivity index is 2.52. The number of anilines is 2. The second kappa shape index (κ2) is 6.61. The van der Waals surface area contributed by atoms with E-state index in [0.29, 0.717) is 5.69 Å². The second-order valence-electron chi connectivity index (χ2n) is 4.31. The van der Waals surface area contributed by atoms with Gasteiger partial charge in [-0.15, -0.1) is 0 Å². The number of nitrogens with one attached hydrogen (secondary N) is 2. The minimum atomic E-state index is -3.19. The van der Waals surface area contributed by atoms with E-state index >= 15 is 0 Å². The lowest BCUT2D eigenvalue weighted by atomic mass is 10.3. The molecule has 0 aromatic heterocycles. The fourth-order valence-corrected chi connectivity index (χ4v) is 1.97. The number of hydrogen-bond acceptors (Lipinski definition) is 4. The average molecular weight is 271 g/mol. The van der Waals surface area contributed by atoms with E-state index in [4.69, 9.17) is 0 Å². The number of benzene rings is 1. The van der Waals surface area contributed by atoms with Gasteiger partial charge in [-0.1, -0.05) is 0 Å². The van der Waals surface area contributed by atoms with Gasteiger partial charge in [0, 0.05) is 24.5 Å². The monoisotopic (exact) mass is 271 g/mol. The lowest BCUT2D eigenvalue weighted by molar-refractivity contribution is 0.425. The number of rotatable bonds is 7. The molecule has 1 aromatic carbocycles. The van der Waals surface area contributed by atoms with Gasteiger partial charge in [0.15, 0.2) is 0 Å². The van der Waals surface area contributed by atoms with E-state index in [-0.39, 0.29) is 5.75 Å². The van der Waals surface area contributed by atoms with Crippen molar-refractivity contribution in [1.29, 1.82) is 0 Å². The fourth-order valence-electron chi connectivity index (χ4n) is 1.33. The van der Waals surface area contributed by atoms with E-state index in [1.54, 1.807) is 19.1 Å². The zero-order valence-electron chi connectivity index (χ0n) is 11.1. The summed E-state index contributed by atoms with van der Waals surface area (Å²) in [5, 5.41) is 3.26. The van der Waals surface area contributed by atoms with Crippen molar-refractivity contribution in [1.82, 2.24) is 4.90 Å². The molecule has 0 spiro atoms. The first-order valence-electron chi connectivity index (χ1n) is 5.92. The summed E-state index contributed by atoms with van der Waals surface area (Å²) >= 11 is 0. The van der Waals surface area contributed by atoms with Crippen molar-refractivity contribution < 1.29 is 8.42 Å². The average Bonchev–Trinajstić information content (AvgIpc) is 2.31. The summed E-state index contributed by atoms with van der Waals surface area (Å²) in [6, 6.07) is 7.24. The van der Waals surface area contributed by atoms with Gasteiger partial charge in [-0.25, -0.2) is 8.42 Å². The van der Waals surface area contributed by atoms with Gasteiger partial charge in [0.05, 0.1) is 5.75 Å². The fraction of sp³-hybridized carbons (Fsp3) is 0.500. The highest BCUT2D eigenvalue weighted by atomic mass is 32.2. The van der Waals surface area contributed by atoms with Crippen LogP contribution in [0.25, 0.3) is 0 Å². The zero-order chi connectivity index (χ0) is 13.6. The minimum Gasteiger partial charge on any atom is -0.384 e. The SMILES string of the molecule is CCS(=O)(=O)Nc1ccc(NCCN(C)C)cc1. The summed E-state index contributed by atoms with van der Waals surface area (Å²) in [6.45, 7) is 3.41. The van der Waals surface area contributed by atoms with Crippen LogP contribution < -0.4 is 10.0 Å². The largest absolute Gasteiger partial charge is 0.384 e. The topological polar surface area (TPSA) is 61.4 Å². The van der Waals surface area contributed by atoms with Crippen molar-refractivity contribution in [2.75, 3.05) is 43.0 Å². The van der Waals surface area contributed by atoms with Crippen LogP contribution in [0.2, 0.25) is 0 Å². The third kappa shape index (κ3) is 5.37. The Kier molecular flexibility index (Phi) is 5.43. The predicted octanol–water partition coefficient (Wildman–Crippen LogP) is 1.42. The van der Waals surface area contributed by atoms with Crippen LogP contribution in [0.4, 0.5) is 11.4 Å². The van der Waals surface area contributed by atoms with Crippen molar-refractivity contribution >= 4 is 21.4 Å². The van der Waals surface area contributed by atoms with Gasteiger partial charge in [0.25, 0.3) is 0 Å². The maximum absolute atomic E-state index is 11.4. The molecular formula is C12H21N3O2S. The molecule has 0 aliphatic heterocycles. The Morgan fingerprint density at radius 3 is 2.17 bits per heavy atom. The minimum absolute atomic E-state index is 0.0792. The summed E-state index contributed by atoms with van der Waals surface area (Å²) in [5.74, 6) is 0.0792. The zero-order valence-corrected chi connectivity index (χ0v) is 11.9. The Morgan fingerprint density at radius 1 is 1.11 bits per heavy atom. The molecule has 18 heavy (non-hydrogen) atoms. The Labute approximate surface area is 109 Å². The van der Waals surface area contributed by atoms with Crippen LogP contribution in [0.5, 0.6) is 0 Å². The van der Waals surface area contributed by atoms with E-state index in [1.807, 2.05) is 26.2 Å². The maximum atomic E-state index is 11.4. The smallest absolute Gasteiger partial charge is 0.232 e. The van der Waals surface area contributed by atoms with E-state index in [1.165, 1.54) is 0 Å². The molecule has 2 N–H and O–H groups in total. The Hall–Kier alpha value is -1.27. The molecule has 0 unspecified atom stereocenters. The summed E-state index contributed by atoms with van der Waals surface area (Å²) in [6.07, 6.45) is 0. The number of hydrogen-bond donors (Lipinski definition) is 2. The van der Waals surface area contributed by atoms with Crippen LogP contribution in [0.15, 0.2) is 24.3 Å². The molecule has 0 bridgehead atoms. The van der Waals surface area contributed by atoms with Crippen molar-refractivity contribution in [3.05, 3.63) is 24.3 Å². The number of nitrogens with zero attached hydrogens (tertiary/aromatic N) is 1. The van der Waals surface area contributed by atoms with Crippen LogP contribution in [-0.4, -0.2) is 46.3 Å². The Morgan fingerprint density at radius 2 is 1.67 bits per heavy atom. The molecule has 5 nitrogen and oxygen atoms in total. The van der Waals surface area contributed by atoms with Gasteiger partial charge in [-0.3, -0.25) is 4.72 Å². The van der Waals surface area contributed by atoms with Gasteiger partial charge < -0.3 is 10.2 Å². The second-order valence-corrected chi connectivity index (χ2v) is 6.32. The highest BCUT2D eigenvalue weighted by molar-refractivity contribution is 7.92. The number of likely N-dealkylation sites (N-methyl/N-ethyl adjacent to an activating group) is 1. The van der Waals surface area contributed by atoms with Crippen LogP contribution in [-0.2, 0) is 10.0 Å². The van der Waals surface area contributed by atoms with Gasteiger partial charge >= 0.3 is 0 Å². The van der Waals surface area contributed by atoms with Gasteiger partial charge in [-0.05, 0) is 45.3 Å². The lowest BCUT2D eigenvalue weighted by Crippen LogP contribution is -2.20. The van der Waals surface area contributed by atoms with Crippen LogP contribution in [0.1, 0.15) is 6.92 Å². The third-order valence-corrected chi connectivity index (χ3v) is 3.73. The van der Waals surface area contributed by atoms with Crippen molar-refractivity contribution in [3.8, 4) is 0 Å². The van der Waals surface area contributed by atoms with Crippen molar-refractivity contribution in [2.45, 2.75) is 6.92 Å². The molecule has 1 aromatic rings. The Bertz CT molecular complexity index is 455. The predicted molar refractivity (Wildman–Crippen MR) is 76.6 cm³/mol. The van der Waals surface area contributed by atoms with Gasteiger partial charge in [-0.2, -0.15) is 0 Å². The molecule has 6 heteroatoms. The molecule has 0 saturated carbocycles. The molecule has 0 fully saturated rings. The molecule has 0 aliphatic rings. The van der Waals surface area contributed by atoms with Gasteiger partial charge in [0.2, 0.25) is 10.0 Å². The first kappa shape index (κ1) is 14.8. The lowest BCUT2D eigenvalue weighted by Gasteiger charge is -2.12. The summed E-state index contributed by atoms with van der Waals surface area (Å²) in [5.41, 5.74) is 1.58.